The molecule has 0 amide bonds. The predicted octanol–water partition coefficient (Wildman–Crippen LogP) is 4.16. The average Bonchev–Trinajstić information content (AvgIpc) is 1.75. The molecule has 3 heterocycles. The van der Waals surface area contributed by atoms with Gasteiger partial charge in [0, 0.05) is 0 Å². The Morgan fingerprint density at radius 1 is 1.14 bits per heavy atom. The first kappa shape index (κ1) is 5.50. The lowest BCUT2D eigenvalue weighted by Crippen LogP contribution is -1.71. The highest BCUT2D eigenvalue weighted by Crippen LogP contribution is 3.70. The van der Waals surface area contributed by atoms with Crippen LogP contribution in [-0.2, 0) is 0 Å². The first-order valence-electron chi connectivity index (χ1n) is 1.63. The summed E-state index contributed by atoms with van der Waals surface area (Å²) in [6.07, 6.45) is 0. The number of hydrogen-bond acceptors (Lipinski definition) is 3. The predicted molar refractivity (Wildman–Crippen MR) is 61.1 cm³/mol. The minimum atomic E-state index is -1.22. The molecule has 0 nitrogen and oxygen atoms in total. The van der Waals surface area contributed by atoms with Gasteiger partial charge in [-0.25, -0.2) is 0 Å². The SMILES string of the molecule is IS123(I)SC1(S2)S3. The monoisotopic (exact) mass is 394 g/mol. The van der Waals surface area contributed by atoms with Crippen molar-refractivity contribution in [2.75, 3.05) is 0 Å². The molecule has 0 aromatic rings. The summed E-state index contributed by atoms with van der Waals surface area (Å²) in [5, 5.41) is 0. The fourth-order valence-corrected chi connectivity index (χ4v) is 60.9. The van der Waals surface area contributed by atoms with Crippen molar-refractivity contribution in [2.24, 2.45) is 0 Å². The molecule has 0 spiro atoms. The summed E-state index contributed by atoms with van der Waals surface area (Å²) < 4.78 is -0.441. The molecule has 0 radical (unpaired) electrons. The lowest BCUT2D eigenvalue weighted by atomic mass is 11.8. The zero-order valence-electron chi connectivity index (χ0n) is 2.89. The molecule has 3 aliphatic rings. The van der Waals surface area contributed by atoms with E-state index >= 15 is 0 Å². The highest BCUT2D eigenvalue weighted by molar-refractivity contribution is 14.3. The molecule has 0 unspecified atom stereocenters. The van der Waals surface area contributed by atoms with Crippen molar-refractivity contribution in [3.05, 3.63) is 0 Å². The molecule has 3 rings (SSSR count). The topological polar surface area (TPSA) is 0 Å². The van der Waals surface area contributed by atoms with Crippen LogP contribution >= 0.6 is 74.5 Å². The van der Waals surface area contributed by atoms with Crippen molar-refractivity contribution in [2.45, 2.75) is 2.74 Å². The van der Waals surface area contributed by atoms with Crippen LogP contribution in [0.3, 0.4) is 0 Å². The van der Waals surface area contributed by atoms with E-state index < -0.39 is -0.267 Å². The smallest absolute Gasteiger partial charge is 0.0489 e. The van der Waals surface area contributed by atoms with Crippen LogP contribution in [-0.4, -0.2) is 2.74 Å². The lowest BCUT2D eigenvalue weighted by molar-refractivity contribution is 2.14. The second-order valence-electron chi connectivity index (χ2n) is 1.79. The maximum atomic E-state index is 2.69. The fourth-order valence-electron chi connectivity index (χ4n) is 0.602. The van der Waals surface area contributed by atoms with E-state index in [-0.39, 0.29) is 0 Å². The molecule has 3 saturated heterocycles. The van der Waals surface area contributed by atoms with Crippen molar-refractivity contribution < 1.29 is 0 Å². The van der Waals surface area contributed by atoms with Crippen molar-refractivity contribution in [3.8, 4) is 0 Å². The zero-order valence-corrected chi connectivity index (χ0v) is 10.5. The first-order chi connectivity index (χ1) is 2.95. The first-order valence-corrected chi connectivity index (χ1v) is 13.2. The summed E-state index contributed by atoms with van der Waals surface area (Å²) in [4.78, 5) is 0. The molecule has 3 fully saturated rings. The van der Waals surface area contributed by atoms with Crippen molar-refractivity contribution in [1.82, 2.24) is 0 Å². The van der Waals surface area contributed by atoms with E-state index in [4.69, 9.17) is 0 Å². The molecule has 42 valence electrons. The number of rotatable bonds is 0. The van der Waals surface area contributed by atoms with Gasteiger partial charge in [-0.05, 0) is 74.5 Å². The second-order valence-corrected chi connectivity index (χ2v) is 48.3. The van der Waals surface area contributed by atoms with Crippen LogP contribution in [0.15, 0.2) is 0 Å². The minimum Gasteiger partial charge on any atom is -0.0489 e. The van der Waals surface area contributed by atoms with E-state index in [9.17, 15) is 0 Å². The van der Waals surface area contributed by atoms with Crippen molar-refractivity contribution in [3.63, 3.8) is 0 Å². The fraction of sp³-hybridized carbons (Fsp3) is 1.00. The van der Waals surface area contributed by atoms with E-state index in [1.165, 1.54) is 0 Å². The van der Waals surface area contributed by atoms with Crippen LogP contribution in [0, 0.1) is 0 Å². The van der Waals surface area contributed by atoms with Crippen LogP contribution in [0.1, 0.15) is 0 Å². The highest BCUT2D eigenvalue weighted by Gasteiger charge is 3.23. The number of halogens is 2. The van der Waals surface area contributed by atoms with Crippen molar-refractivity contribution >= 4 is 74.5 Å². The molecule has 0 saturated carbocycles. The van der Waals surface area contributed by atoms with Gasteiger partial charge in [-0.3, -0.25) is 0 Å². The van der Waals surface area contributed by atoms with Crippen LogP contribution < -0.4 is 0 Å². The van der Waals surface area contributed by atoms with Gasteiger partial charge in [-0.1, -0.05) is 0 Å². The second kappa shape index (κ2) is 0.759. The van der Waals surface area contributed by atoms with Gasteiger partial charge in [0.1, 0.15) is 0 Å². The number of hydrogen-bond donors (Lipinski definition) is 0. The van der Waals surface area contributed by atoms with E-state index in [0.717, 1.165) is 2.74 Å². The molecular formula is CI2S4. The maximum Gasteiger partial charge on any atom is 0.192 e. The Morgan fingerprint density at radius 2 is 1.29 bits per heavy atom. The van der Waals surface area contributed by atoms with E-state index in [0.29, 0.717) is 0 Å². The molecule has 7 heavy (non-hydrogen) atoms. The van der Waals surface area contributed by atoms with Gasteiger partial charge < -0.3 is 0 Å². The molecule has 3 aliphatic heterocycles. The molecule has 0 aliphatic carbocycles. The minimum absolute atomic E-state index is 0.779. The normalized spacial score (nSPS) is 79.7. The Labute approximate surface area is 75.7 Å². The molecule has 0 bridgehead atoms. The summed E-state index contributed by atoms with van der Waals surface area (Å²) >= 11 is 5.38. The third kappa shape index (κ3) is 0.324. The Hall–Kier alpha value is 2.86. The summed E-state index contributed by atoms with van der Waals surface area (Å²) in [7, 11) is 6.66. The van der Waals surface area contributed by atoms with E-state index in [2.05, 4.69) is 74.8 Å². The molecule has 0 aromatic heterocycles. The Kier molecular flexibility index (Phi) is 0.596. The third-order valence-corrected chi connectivity index (χ3v) is 41.6. The average molecular weight is 394 g/mol. The van der Waals surface area contributed by atoms with E-state index in [1.54, 1.807) is 0 Å². The Morgan fingerprint density at radius 3 is 1.29 bits per heavy atom. The molecule has 0 atom stereocenters. The molecule has 6 heteroatoms. The van der Waals surface area contributed by atoms with Gasteiger partial charge in [0.25, 0.3) is 0 Å². The van der Waals surface area contributed by atoms with E-state index in [1.807, 2.05) is 0 Å². The quantitative estimate of drug-likeness (QED) is 0.344. The maximum absolute atomic E-state index is 2.69. The Bertz CT molecular complexity index is 188. The van der Waals surface area contributed by atoms with Crippen LogP contribution in [0.5, 0.6) is 0 Å². The van der Waals surface area contributed by atoms with Gasteiger partial charge >= 0.3 is 0 Å². The van der Waals surface area contributed by atoms with Gasteiger partial charge in [0.15, 0.2) is 2.74 Å². The van der Waals surface area contributed by atoms with Crippen molar-refractivity contribution in [1.29, 1.82) is 0 Å². The molecular weight excluding hydrogens is 394 g/mol. The molecule has 0 aromatic carbocycles. The van der Waals surface area contributed by atoms with Gasteiger partial charge in [-0.15, -0.1) is 0 Å². The molecule has 0 N–H and O–H groups in total. The van der Waals surface area contributed by atoms with Crippen LogP contribution in [0.2, 0.25) is 0 Å². The lowest BCUT2D eigenvalue weighted by Gasteiger charge is -2.32. The highest BCUT2D eigenvalue weighted by atomic mass is 127. The standard InChI is InChI=1S/CI2S4/c2-7(3)1(4-7,5-7)6-7. The largest absolute Gasteiger partial charge is 0.192 e. The summed E-state index contributed by atoms with van der Waals surface area (Å²) in [5.41, 5.74) is 0. The third-order valence-electron chi connectivity index (χ3n) is 1.24. The summed E-state index contributed by atoms with van der Waals surface area (Å²) in [6, 6.07) is 0. The Balaban J connectivity index is 2.50. The van der Waals surface area contributed by atoms with Gasteiger partial charge in [-0.2, -0.15) is 0 Å². The van der Waals surface area contributed by atoms with Gasteiger partial charge in [0.2, 0.25) is 0 Å². The van der Waals surface area contributed by atoms with Crippen LogP contribution in [0.4, 0.5) is 0 Å². The van der Waals surface area contributed by atoms with Crippen LogP contribution in [0.25, 0.3) is 0 Å². The summed E-state index contributed by atoms with van der Waals surface area (Å²) in [5.74, 6) is 0. The zero-order chi connectivity index (χ0) is 5.03. The van der Waals surface area contributed by atoms with Gasteiger partial charge in [0.05, 0.1) is 0 Å². The summed E-state index contributed by atoms with van der Waals surface area (Å²) in [6.45, 7) is 0.